The highest BCUT2D eigenvalue weighted by Crippen LogP contribution is 2.65. The van der Waals surface area contributed by atoms with E-state index in [0.717, 1.165) is 0 Å². The zero-order valence-corrected chi connectivity index (χ0v) is 24.5. The van der Waals surface area contributed by atoms with Gasteiger partial charge in [0.05, 0.1) is 17.2 Å². The molecule has 1 aromatic heterocycles. The fraction of sp³-hybridized carbons (Fsp3) is 0.175. The Morgan fingerprint density at radius 3 is 2.21 bits per heavy atom. The van der Waals surface area contributed by atoms with Gasteiger partial charge < -0.3 is 9.47 Å². The van der Waals surface area contributed by atoms with Crippen LogP contribution in [0, 0.1) is 5.92 Å². The number of nitrogens with one attached hydrogen (secondary N) is 1. The first-order valence-electron chi connectivity index (χ1n) is 15.5. The number of aromatic nitrogens is 1. The van der Waals surface area contributed by atoms with Crippen LogP contribution in [0.4, 0.5) is 11.4 Å². The van der Waals surface area contributed by atoms with Crippen molar-refractivity contribution in [1.82, 2.24) is 4.57 Å². The summed E-state index contributed by atoms with van der Waals surface area (Å²) in [5.74, 6) is 0.550. The topological polar surface area (TPSA) is 22.1 Å². The molecule has 3 aliphatic rings. The van der Waals surface area contributed by atoms with E-state index in [1.54, 1.807) is 0 Å². The maximum Gasteiger partial charge on any atom is 0.180 e. The van der Waals surface area contributed by atoms with Gasteiger partial charge in [0, 0.05) is 39.3 Å². The van der Waals surface area contributed by atoms with Crippen molar-refractivity contribution in [3.8, 4) is 11.3 Å². The van der Waals surface area contributed by atoms with Crippen LogP contribution in [0.15, 0.2) is 133 Å². The standard InChI is InChI=1S/C40H33N3/c1-26-35(25-41-38(26)27-15-5-3-6-16-27)42-33-23-13-10-20-30(33)36-37-31-21-11-14-24-34(31)43(28-17-7-4-8-18-28)40(37,2)32-22-12-9-19-29(32)39(36)42/h3-26,35,37-38H,1-2H3/p+1. The molecule has 0 fully saturated rings. The van der Waals surface area contributed by atoms with Crippen LogP contribution in [0.1, 0.15) is 54.1 Å². The Hall–Kier alpha value is -4.89. The Morgan fingerprint density at radius 2 is 1.37 bits per heavy atom. The molecule has 1 N–H and O–H groups in total. The lowest BCUT2D eigenvalue weighted by Crippen LogP contribution is -2.68. The molecule has 0 radical (unpaired) electrons. The zero-order valence-electron chi connectivity index (χ0n) is 24.5. The molecular weight excluding hydrogens is 522 g/mol. The molecule has 2 aliphatic heterocycles. The number of nitrogens with zero attached hydrogens (tertiary/aromatic N) is 2. The summed E-state index contributed by atoms with van der Waals surface area (Å²) in [6.45, 7) is 4.87. The van der Waals surface area contributed by atoms with Crippen LogP contribution in [0.25, 0.3) is 22.2 Å². The van der Waals surface area contributed by atoms with Crippen LogP contribution in [-0.2, 0) is 5.54 Å². The SMILES string of the molecule is CC1C(c2ccccc2)[NH+]=CC1n1c2c(c3ccccc31)C1c3ccccc3N(c3ccccc3)C1(C)c1ccccc1-2. The summed E-state index contributed by atoms with van der Waals surface area (Å²) in [5.41, 5.74) is 11.8. The molecule has 0 amide bonds. The van der Waals surface area contributed by atoms with Gasteiger partial charge in [-0.15, -0.1) is 0 Å². The Balaban J connectivity index is 1.34. The van der Waals surface area contributed by atoms with E-state index in [9.17, 15) is 0 Å². The fourth-order valence-electron chi connectivity index (χ4n) is 8.68. The van der Waals surface area contributed by atoms with E-state index < -0.39 is 0 Å². The summed E-state index contributed by atoms with van der Waals surface area (Å²) in [7, 11) is 0. The minimum Gasteiger partial charge on any atom is -0.330 e. The van der Waals surface area contributed by atoms with Gasteiger partial charge in [0.25, 0.3) is 0 Å². The third kappa shape index (κ3) is 3.22. The average Bonchev–Trinajstić information content (AvgIpc) is 3.69. The lowest BCUT2D eigenvalue weighted by Gasteiger charge is -2.45. The van der Waals surface area contributed by atoms with E-state index in [4.69, 9.17) is 0 Å². The van der Waals surface area contributed by atoms with Gasteiger partial charge in [0.15, 0.2) is 12.3 Å². The zero-order chi connectivity index (χ0) is 28.7. The first-order valence-corrected chi connectivity index (χ1v) is 15.5. The number of anilines is 2. The molecule has 6 aromatic rings. The van der Waals surface area contributed by atoms with Crippen LogP contribution >= 0.6 is 0 Å². The summed E-state index contributed by atoms with van der Waals surface area (Å²) in [6, 6.07) is 49.7. The summed E-state index contributed by atoms with van der Waals surface area (Å²) >= 11 is 0. The minimum absolute atomic E-state index is 0.176. The Kier molecular flexibility index (Phi) is 5.20. The highest BCUT2D eigenvalue weighted by molar-refractivity contribution is 5.99. The predicted molar refractivity (Wildman–Crippen MR) is 176 cm³/mol. The van der Waals surface area contributed by atoms with Gasteiger partial charge in [-0.25, -0.2) is 4.99 Å². The number of para-hydroxylation sites is 3. The van der Waals surface area contributed by atoms with Gasteiger partial charge in [0.1, 0.15) is 6.04 Å². The summed E-state index contributed by atoms with van der Waals surface area (Å²) < 4.78 is 2.66. The van der Waals surface area contributed by atoms with Crippen LogP contribution in [0.5, 0.6) is 0 Å². The molecule has 3 nitrogen and oxygen atoms in total. The number of fused-ring (bicyclic) bond motifs is 10. The lowest BCUT2D eigenvalue weighted by atomic mass is 9.67. The number of benzene rings is 5. The third-order valence-corrected chi connectivity index (χ3v) is 10.5. The van der Waals surface area contributed by atoms with E-state index >= 15 is 0 Å². The van der Waals surface area contributed by atoms with Gasteiger partial charge in [0.2, 0.25) is 0 Å². The van der Waals surface area contributed by atoms with E-state index in [-0.39, 0.29) is 23.5 Å². The third-order valence-electron chi connectivity index (χ3n) is 10.5. The highest BCUT2D eigenvalue weighted by atomic mass is 15.2. The minimum atomic E-state index is -0.292. The van der Waals surface area contributed by atoms with Gasteiger partial charge in [-0.2, -0.15) is 0 Å². The second-order valence-electron chi connectivity index (χ2n) is 12.6. The van der Waals surface area contributed by atoms with Gasteiger partial charge in [-0.05, 0) is 47.9 Å². The molecule has 0 bridgehead atoms. The first-order chi connectivity index (χ1) is 21.2. The van der Waals surface area contributed by atoms with Gasteiger partial charge in [-0.1, -0.05) is 116 Å². The molecule has 208 valence electrons. The van der Waals surface area contributed by atoms with Crippen molar-refractivity contribution in [1.29, 1.82) is 0 Å². The molecule has 3 heterocycles. The quantitative estimate of drug-likeness (QED) is 0.235. The smallest absolute Gasteiger partial charge is 0.180 e. The first kappa shape index (κ1) is 24.7. The van der Waals surface area contributed by atoms with Crippen molar-refractivity contribution in [2.75, 3.05) is 4.90 Å². The number of hydrogen-bond donors (Lipinski definition) is 1. The van der Waals surface area contributed by atoms with E-state index in [2.05, 4.69) is 168 Å². The Labute approximate surface area is 252 Å². The van der Waals surface area contributed by atoms with Crippen LogP contribution in [0.2, 0.25) is 0 Å². The monoisotopic (exact) mass is 556 g/mol. The van der Waals surface area contributed by atoms with Crippen molar-refractivity contribution in [3.63, 3.8) is 0 Å². The number of hydrogen-bond acceptors (Lipinski definition) is 1. The molecule has 3 heteroatoms. The molecule has 1 aliphatic carbocycles. The van der Waals surface area contributed by atoms with Crippen LogP contribution in [0.3, 0.4) is 0 Å². The molecule has 0 saturated heterocycles. The fourth-order valence-corrected chi connectivity index (χ4v) is 8.68. The van der Waals surface area contributed by atoms with E-state index in [1.807, 2.05) is 0 Å². The van der Waals surface area contributed by atoms with Crippen molar-refractivity contribution in [3.05, 3.63) is 156 Å². The molecule has 43 heavy (non-hydrogen) atoms. The normalized spacial score (nSPS) is 24.9. The van der Waals surface area contributed by atoms with Crippen LogP contribution in [-0.4, -0.2) is 10.8 Å². The van der Waals surface area contributed by atoms with Gasteiger partial charge >= 0.3 is 0 Å². The summed E-state index contributed by atoms with van der Waals surface area (Å²) in [4.78, 5) is 6.41. The highest BCUT2D eigenvalue weighted by Gasteiger charge is 2.56. The van der Waals surface area contributed by atoms with Crippen molar-refractivity contribution >= 4 is 28.5 Å². The average molecular weight is 557 g/mol. The molecule has 5 atom stereocenters. The molecule has 0 spiro atoms. The molecule has 5 unspecified atom stereocenters. The molecule has 9 rings (SSSR count). The molecule has 5 aromatic carbocycles. The lowest BCUT2D eigenvalue weighted by molar-refractivity contribution is -0.503. The van der Waals surface area contributed by atoms with E-state index in [1.165, 1.54) is 55.8 Å². The Morgan fingerprint density at radius 1 is 0.698 bits per heavy atom. The van der Waals surface area contributed by atoms with Crippen LogP contribution < -0.4 is 9.89 Å². The number of rotatable bonds is 3. The molecule has 0 saturated carbocycles. The van der Waals surface area contributed by atoms with Crippen molar-refractivity contribution < 1.29 is 4.99 Å². The van der Waals surface area contributed by atoms with Gasteiger partial charge in [-0.3, -0.25) is 0 Å². The predicted octanol–water partition coefficient (Wildman–Crippen LogP) is 7.90. The van der Waals surface area contributed by atoms with Crippen molar-refractivity contribution in [2.24, 2.45) is 5.92 Å². The largest absolute Gasteiger partial charge is 0.330 e. The Bertz CT molecular complexity index is 2040. The summed E-state index contributed by atoms with van der Waals surface area (Å²) in [6.07, 6.45) is 2.35. The second-order valence-corrected chi connectivity index (χ2v) is 12.6. The molecular formula is C40H34N3+. The second kappa shape index (κ2) is 9.05. The van der Waals surface area contributed by atoms with E-state index in [0.29, 0.717) is 5.92 Å². The maximum atomic E-state index is 3.80. The van der Waals surface area contributed by atoms with Crippen molar-refractivity contribution in [2.45, 2.75) is 37.4 Å². The maximum absolute atomic E-state index is 3.80. The summed E-state index contributed by atoms with van der Waals surface area (Å²) in [5, 5.41) is 1.36.